The molecule has 0 aliphatic heterocycles. The van der Waals surface area contributed by atoms with Crippen molar-refractivity contribution >= 4 is 16.9 Å². The van der Waals surface area contributed by atoms with Gasteiger partial charge in [-0.15, -0.1) is 0 Å². The van der Waals surface area contributed by atoms with Gasteiger partial charge in [0.1, 0.15) is 5.82 Å². The number of methoxy groups -OCH3 is 3. The summed E-state index contributed by atoms with van der Waals surface area (Å²) < 4.78 is 16.0. The number of ether oxygens (including phenoxy) is 3. The molecule has 0 aliphatic carbocycles. The molecule has 0 saturated heterocycles. The van der Waals surface area contributed by atoms with Crippen LogP contribution in [-0.2, 0) is 17.6 Å². The molecule has 0 bridgehead atoms. The lowest BCUT2D eigenvalue weighted by Crippen LogP contribution is -2.26. The van der Waals surface area contributed by atoms with E-state index in [9.17, 15) is 4.79 Å². The summed E-state index contributed by atoms with van der Waals surface area (Å²) in [5.41, 5.74) is 2.79. The van der Waals surface area contributed by atoms with Crippen LogP contribution in [0.5, 0.6) is 17.2 Å². The molecule has 7 heteroatoms. The van der Waals surface area contributed by atoms with Crippen molar-refractivity contribution in [3.05, 3.63) is 47.8 Å². The molecule has 3 aromatic rings. The summed E-state index contributed by atoms with van der Waals surface area (Å²) in [6, 6.07) is 11.5. The largest absolute Gasteiger partial charge is 0.493 e. The van der Waals surface area contributed by atoms with E-state index in [1.165, 1.54) is 0 Å². The van der Waals surface area contributed by atoms with Crippen molar-refractivity contribution in [1.29, 1.82) is 0 Å². The first-order chi connectivity index (χ1) is 13.6. The van der Waals surface area contributed by atoms with Crippen LogP contribution in [0.1, 0.15) is 17.8 Å². The highest BCUT2D eigenvalue weighted by molar-refractivity contribution is 5.79. The van der Waals surface area contributed by atoms with Gasteiger partial charge in [0.05, 0.1) is 38.8 Å². The molecule has 1 aromatic heterocycles. The molecule has 0 unspecified atom stereocenters. The Bertz CT molecular complexity index is 894. The van der Waals surface area contributed by atoms with Crippen LogP contribution in [0, 0.1) is 0 Å². The van der Waals surface area contributed by atoms with Crippen LogP contribution in [0.3, 0.4) is 0 Å². The van der Waals surface area contributed by atoms with E-state index < -0.39 is 0 Å². The predicted molar refractivity (Wildman–Crippen MR) is 107 cm³/mol. The molecule has 148 valence electrons. The summed E-state index contributed by atoms with van der Waals surface area (Å²) in [4.78, 5) is 20.1. The minimum absolute atomic E-state index is 0.0566. The normalized spacial score (nSPS) is 10.7. The standard InChI is InChI=1S/C21H25N3O4/c1-26-17-11-14(12-18(27-2)21(17)28-3)13-20(25)22-10-6-9-19-23-15-7-4-5-8-16(15)24-19/h4-5,7-8,11-12H,6,9-10,13H2,1-3H3,(H,22,25)(H,23,24). The van der Waals surface area contributed by atoms with Crippen LogP contribution in [0.4, 0.5) is 0 Å². The number of carbonyl (C=O) groups excluding carboxylic acids is 1. The van der Waals surface area contributed by atoms with Crippen LogP contribution in [0.25, 0.3) is 11.0 Å². The number of amides is 1. The number of para-hydroxylation sites is 2. The van der Waals surface area contributed by atoms with Crippen LogP contribution < -0.4 is 19.5 Å². The first-order valence-electron chi connectivity index (χ1n) is 9.13. The molecule has 0 spiro atoms. The molecule has 1 heterocycles. The van der Waals surface area contributed by atoms with Crippen molar-refractivity contribution in [1.82, 2.24) is 15.3 Å². The van der Waals surface area contributed by atoms with Gasteiger partial charge in [0.2, 0.25) is 11.7 Å². The lowest BCUT2D eigenvalue weighted by Gasteiger charge is -2.14. The maximum absolute atomic E-state index is 12.3. The van der Waals surface area contributed by atoms with Crippen molar-refractivity contribution in [3.8, 4) is 17.2 Å². The van der Waals surface area contributed by atoms with E-state index in [2.05, 4.69) is 15.3 Å². The lowest BCUT2D eigenvalue weighted by atomic mass is 10.1. The van der Waals surface area contributed by atoms with E-state index in [0.717, 1.165) is 35.3 Å². The van der Waals surface area contributed by atoms with E-state index in [-0.39, 0.29) is 12.3 Å². The molecule has 0 aliphatic rings. The number of H-pyrrole nitrogens is 1. The van der Waals surface area contributed by atoms with Crippen LogP contribution in [0.2, 0.25) is 0 Å². The Morgan fingerprint density at radius 1 is 1.07 bits per heavy atom. The zero-order valence-corrected chi connectivity index (χ0v) is 16.4. The van der Waals surface area contributed by atoms with Crippen molar-refractivity contribution in [2.24, 2.45) is 0 Å². The zero-order chi connectivity index (χ0) is 19.9. The summed E-state index contributed by atoms with van der Waals surface area (Å²) in [7, 11) is 4.66. The van der Waals surface area contributed by atoms with Crippen LogP contribution in [-0.4, -0.2) is 43.7 Å². The Morgan fingerprint density at radius 3 is 2.43 bits per heavy atom. The van der Waals surface area contributed by atoms with Gasteiger partial charge in [-0.3, -0.25) is 4.79 Å². The van der Waals surface area contributed by atoms with Crippen molar-refractivity contribution in [2.45, 2.75) is 19.3 Å². The van der Waals surface area contributed by atoms with Crippen molar-refractivity contribution in [3.63, 3.8) is 0 Å². The van der Waals surface area contributed by atoms with Crippen molar-refractivity contribution < 1.29 is 19.0 Å². The molecule has 0 radical (unpaired) electrons. The topological polar surface area (TPSA) is 85.5 Å². The lowest BCUT2D eigenvalue weighted by molar-refractivity contribution is -0.120. The fourth-order valence-corrected chi connectivity index (χ4v) is 3.09. The number of aryl methyl sites for hydroxylation is 1. The quantitative estimate of drug-likeness (QED) is 0.555. The fraction of sp³-hybridized carbons (Fsp3) is 0.333. The maximum atomic E-state index is 12.3. The molecule has 1 amide bonds. The number of rotatable bonds is 9. The second-order valence-corrected chi connectivity index (χ2v) is 6.36. The first kappa shape index (κ1) is 19.5. The zero-order valence-electron chi connectivity index (χ0n) is 16.4. The minimum atomic E-state index is -0.0566. The van der Waals surface area contributed by atoms with Gasteiger partial charge in [-0.05, 0) is 36.2 Å². The number of imidazole rings is 1. The van der Waals surface area contributed by atoms with Gasteiger partial charge in [-0.1, -0.05) is 12.1 Å². The molecular formula is C21H25N3O4. The average molecular weight is 383 g/mol. The van der Waals surface area contributed by atoms with Crippen LogP contribution in [0.15, 0.2) is 36.4 Å². The fourth-order valence-electron chi connectivity index (χ4n) is 3.09. The molecule has 0 saturated carbocycles. The minimum Gasteiger partial charge on any atom is -0.493 e. The van der Waals surface area contributed by atoms with Gasteiger partial charge in [0.25, 0.3) is 0 Å². The summed E-state index contributed by atoms with van der Waals surface area (Å²) in [6.07, 6.45) is 1.82. The van der Waals surface area contributed by atoms with Gasteiger partial charge in [-0.25, -0.2) is 4.98 Å². The Morgan fingerprint density at radius 2 is 1.79 bits per heavy atom. The number of hydrogen-bond acceptors (Lipinski definition) is 5. The Kier molecular flexibility index (Phi) is 6.37. The Labute approximate surface area is 164 Å². The van der Waals surface area contributed by atoms with E-state index in [1.807, 2.05) is 24.3 Å². The maximum Gasteiger partial charge on any atom is 0.224 e. The molecule has 0 atom stereocenters. The van der Waals surface area contributed by atoms with Gasteiger partial charge in [0.15, 0.2) is 11.5 Å². The summed E-state index contributed by atoms with van der Waals surface area (Å²) in [5.74, 6) is 2.46. The molecule has 7 nitrogen and oxygen atoms in total. The number of aromatic nitrogens is 2. The SMILES string of the molecule is COc1cc(CC(=O)NCCCc2nc3ccccc3[nH]2)cc(OC)c1OC. The third kappa shape index (κ3) is 4.54. The van der Waals surface area contributed by atoms with Gasteiger partial charge < -0.3 is 24.5 Å². The number of carbonyl (C=O) groups is 1. The number of nitrogens with zero attached hydrogens (tertiary/aromatic N) is 1. The first-order valence-corrected chi connectivity index (χ1v) is 9.13. The number of nitrogens with one attached hydrogen (secondary N) is 2. The molecule has 3 rings (SSSR count). The third-order valence-electron chi connectivity index (χ3n) is 4.44. The molecular weight excluding hydrogens is 358 g/mol. The van der Waals surface area contributed by atoms with Gasteiger partial charge in [0, 0.05) is 13.0 Å². The Balaban J connectivity index is 1.51. The van der Waals surface area contributed by atoms with E-state index in [0.29, 0.717) is 23.8 Å². The summed E-state index contributed by atoms with van der Waals surface area (Å²) >= 11 is 0. The highest BCUT2D eigenvalue weighted by Crippen LogP contribution is 2.38. The highest BCUT2D eigenvalue weighted by atomic mass is 16.5. The molecule has 2 N–H and O–H groups in total. The second kappa shape index (κ2) is 9.12. The van der Waals surface area contributed by atoms with Crippen LogP contribution >= 0.6 is 0 Å². The van der Waals surface area contributed by atoms with E-state index in [4.69, 9.17) is 14.2 Å². The third-order valence-corrected chi connectivity index (χ3v) is 4.44. The number of hydrogen-bond donors (Lipinski definition) is 2. The Hall–Kier alpha value is -3.22. The molecule has 0 fully saturated rings. The average Bonchev–Trinajstić information content (AvgIpc) is 3.13. The number of aromatic amines is 1. The molecule has 2 aromatic carbocycles. The highest BCUT2D eigenvalue weighted by Gasteiger charge is 2.14. The smallest absolute Gasteiger partial charge is 0.224 e. The number of fused-ring (bicyclic) bond motifs is 1. The number of benzene rings is 2. The predicted octanol–water partition coefficient (Wildman–Crippen LogP) is 2.88. The summed E-state index contributed by atoms with van der Waals surface area (Å²) in [5, 5.41) is 2.95. The summed E-state index contributed by atoms with van der Waals surface area (Å²) in [6.45, 7) is 0.584. The monoisotopic (exact) mass is 383 g/mol. The van der Waals surface area contributed by atoms with E-state index in [1.54, 1.807) is 33.5 Å². The van der Waals surface area contributed by atoms with Gasteiger partial charge >= 0.3 is 0 Å². The second-order valence-electron chi connectivity index (χ2n) is 6.36. The van der Waals surface area contributed by atoms with E-state index >= 15 is 0 Å². The molecule has 28 heavy (non-hydrogen) atoms. The van der Waals surface area contributed by atoms with Gasteiger partial charge in [-0.2, -0.15) is 0 Å². The van der Waals surface area contributed by atoms with Crippen molar-refractivity contribution in [2.75, 3.05) is 27.9 Å².